The largest absolute Gasteiger partial charge is 0.352 e. The molecule has 1 N–H and O–H groups in total. The molecule has 0 heterocycles. The van der Waals surface area contributed by atoms with Crippen molar-refractivity contribution in [3.05, 3.63) is 64.1 Å². The molecular weight excluding hydrogens is 395 g/mol. The Hall–Kier alpha value is -1.76. The fraction of sp³-hybridized carbons (Fsp3) is 0.278. The fourth-order valence-corrected chi connectivity index (χ4v) is 3.66. The van der Waals surface area contributed by atoms with Crippen LogP contribution in [-0.4, -0.2) is 27.1 Å². The van der Waals surface area contributed by atoms with Gasteiger partial charge in [-0.15, -0.1) is 0 Å². The smallest absolute Gasteiger partial charge is 0.232 e. The van der Waals surface area contributed by atoms with Crippen LogP contribution in [0.5, 0.6) is 0 Å². The van der Waals surface area contributed by atoms with Gasteiger partial charge in [-0.05, 0) is 42.3 Å². The van der Waals surface area contributed by atoms with Gasteiger partial charge in [0.15, 0.2) is 0 Å². The average Bonchev–Trinajstić information content (AvgIpc) is 2.57. The summed E-state index contributed by atoms with van der Waals surface area (Å²) in [5.41, 5.74) is 1.43. The number of carbonyl (C=O) groups excluding carboxylic acids is 1. The predicted molar refractivity (Wildman–Crippen MR) is 106 cm³/mol. The SMILES string of the molecule is CS(=O)(=O)N(CCCC(=O)NCc1ccc(Cl)cc1)c1cccc(Cl)c1. The highest BCUT2D eigenvalue weighted by Crippen LogP contribution is 2.22. The lowest BCUT2D eigenvalue weighted by Crippen LogP contribution is -2.32. The van der Waals surface area contributed by atoms with E-state index < -0.39 is 10.0 Å². The van der Waals surface area contributed by atoms with Crippen molar-refractivity contribution in [3.8, 4) is 0 Å². The van der Waals surface area contributed by atoms with Gasteiger partial charge in [0, 0.05) is 29.6 Å². The van der Waals surface area contributed by atoms with Crippen molar-refractivity contribution in [1.29, 1.82) is 0 Å². The van der Waals surface area contributed by atoms with Crippen molar-refractivity contribution in [2.75, 3.05) is 17.1 Å². The molecule has 0 saturated heterocycles. The van der Waals surface area contributed by atoms with Crippen molar-refractivity contribution < 1.29 is 13.2 Å². The molecule has 0 aromatic heterocycles. The van der Waals surface area contributed by atoms with Gasteiger partial charge in [-0.1, -0.05) is 41.4 Å². The van der Waals surface area contributed by atoms with Gasteiger partial charge in [0.25, 0.3) is 0 Å². The molecule has 0 saturated carbocycles. The van der Waals surface area contributed by atoms with Crippen LogP contribution in [-0.2, 0) is 21.4 Å². The molecule has 26 heavy (non-hydrogen) atoms. The lowest BCUT2D eigenvalue weighted by Gasteiger charge is -2.22. The van der Waals surface area contributed by atoms with Crippen LogP contribution in [0.1, 0.15) is 18.4 Å². The van der Waals surface area contributed by atoms with Crippen LogP contribution in [0.3, 0.4) is 0 Å². The van der Waals surface area contributed by atoms with Gasteiger partial charge in [-0.25, -0.2) is 8.42 Å². The normalized spacial score (nSPS) is 11.2. The maximum Gasteiger partial charge on any atom is 0.232 e. The first-order valence-electron chi connectivity index (χ1n) is 8.00. The second kappa shape index (κ2) is 9.26. The molecule has 8 heteroatoms. The van der Waals surface area contributed by atoms with Crippen LogP contribution in [0.2, 0.25) is 10.0 Å². The molecule has 0 fully saturated rings. The highest BCUT2D eigenvalue weighted by atomic mass is 35.5. The van der Waals surface area contributed by atoms with Gasteiger partial charge >= 0.3 is 0 Å². The number of benzene rings is 2. The summed E-state index contributed by atoms with van der Waals surface area (Å²) >= 11 is 11.8. The monoisotopic (exact) mass is 414 g/mol. The zero-order chi connectivity index (χ0) is 19.2. The van der Waals surface area contributed by atoms with E-state index in [4.69, 9.17) is 23.2 Å². The van der Waals surface area contributed by atoms with Crippen LogP contribution in [0.25, 0.3) is 0 Å². The first-order valence-corrected chi connectivity index (χ1v) is 10.6. The van der Waals surface area contributed by atoms with E-state index in [9.17, 15) is 13.2 Å². The highest BCUT2D eigenvalue weighted by Gasteiger charge is 2.17. The van der Waals surface area contributed by atoms with Crippen molar-refractivity contribution in [1.82, 2.24) is 5.32 Å². The lowest BCUT2D eigenvalue weighted by atomic mass is 10.2. The number of carbonyl (C=O) groups is 1. The summed E-state index contributed by atoms with van der Waals surface area (Å²) in [5.74, 6) is -0.139. The number of hydrogen-bond donors (Lipinski definition) is 1. The molecular formula is C18H20Cl2N2O3S. The molecule has 2 rings (SSSR count). The summed E-state index contributed by atoms with van der Waals surface area (Å²) in [5, 5.41) is 3.90. The Bertz CT molecular complexity index is 855. The van der Waals surface area contributed by atoms with Gasteiger partial charge in [-0.2, -0.15) is 0 Å². The number of nitrogens with zero attached hydrogens (tertiary/aromatic N) is 1. The van der Waals surface area contributed by atoms with Gasteiger partial charge < -0.3 is 5.32 Å². The first-order chi connectivity index (χ1) is 12.3. The van der Waals surface area contributed by atoms with Crippen LogP contribution >= 0.6 is 23.2 Å². The summed E-state index contributed by atoms with van der Waals surface area (Å²) < 4.78 is 25.3. The Balaban J connectivity index is 1.87. The number of amides is 1. The van der Waals surface area contributed by atoms with Crippen LogP contribution < -0.4 is 9.62 Å². The quantitative estimate of drug-likeness (QED) is 0.712. The van der Waals surface area contributed by atoms with Gasteiger partial charge in [0.1, 0.15) is 0 Å². The maximum atomic E-state index is 12.0. The van der Waals surface area contributed by atoms with E-state index in [0.29, 0.717) is 28.7 Å². The van der Waals surface area contributed by atoms with E-state index in [1.54, 1.807) is 36.4 Å². The molecule has 2 aromatic rings. The second-order valence-electron chi connectivity index (χ2n) is 5.82. The molecule has 0 unspecified atom stereocenters. The Morgan fingerprint density at radius 3 is 2.38 bits per heavy atom. The zero-order valence-electron chi connectivity index (χ0n) is 14.3. The lowest BCUT2D eigenvalue weighted by molar-refractivity contribution is -0.121. The van der Waals surface area contributed by atoms with Crippen molar-refractivity contribution in [2.24, 2.45) is 0 Å². The molecule has 0 spiro atoms. The summed E-state index contributed by atoms with van der Waals surface area (Å²) in [6, 6.07) is 13.8. The maximum absolute atomic E-state index is 12.0. The Morgan fingerprint density at radius 2 is 1.77 bits per heavy atom. The van der Waals surface area contributed by atoms with Crippen LogP contribution in [0, 0.1) is 0 Å². The van der Waals surface area contributed by atoms with Gasteiger partial charge in [0.05, 0.1) is 11.9 Å². The Kier molecular flexibility index (Phi) is 7.32. The van der Waals surface area contributed by atoms with E-state index in [1.165, 1.54) is 4.31 Å². The predicted octanol–water partition coefficient (Wildman–Crippen LogP) is 3.86. The van der Waals surface area contributed by atoms with E-state index in [-0.39, 0.29) is 18.9 Å². The summed E-state index contributed by atoms with van der Waals surface area (Å²) in [6.45, 7) is 0.605. The minimum Gasteiger partial charge on any atom is -0.352 e. The number of sulfonamides is 1. The third-order valence-corrected chi connectivity index (χ3v) is 5.35. The molecule has 2 aromatic carbocycles. The number of hydrogen-bond acceptors (Lipinski definition) is 3. The van der Waals surface area contributed by atoms with Crippen molar-refractivity contribution in [2.45, 2.75) is 19.4 Å². The number of rotatable bonds is 8. The molecule has 0 aliphatic carbocycles. The molecule has 140 valence electrons. The second-order valence-corrected chi connectivity index (χ2v) is 8.60. The third kappa shape index (κ3) is 6.52. The van der Waals surface area contributed by atoms with Gasteiger partial charge in [0.2, 0.25) is 15.9 Å². The third-order valence-electron chi connectivity index (χ3n) is 3.66. The molecule has 0 radical (unpaired) electrons. The Morgan fingerprint density at radius 1 is 1.08 bits per heavy atom. The molecule has 0 atom stereocenters. The van der Waals surface area contributed by atoms with Crippen molar-refractivity contribution in [3.63, 3.8) is 0 Å². The minimum absolute atomic E-state index is 0.139. The summed E-state index contributed by atoms with van der Waals surface area (Å²) in [7, 11) is -3.46. The number of halogens is 2. The molecule has 1 amide bonds. The van der Waals surface area contributed by atoms with E-state index in [1.807, 2.05) is 12.1 Å². The van der Waals surface area contributed by atoms with E-state index in [0.717, 1.165) is 11.8 Å². The van der Waals surface area contributed by atoms with Crippen LogP contribution in [0.4, 0.5) is 5.69 Å². The topological polar surface area (TPSA) is 66.5 Å². The minimum atomic E-state index is -3.46. The first kappa shape index (κ1) is 20.6. The van der Waals surface area contributed by atoms with E-state index in [2.05, 4.69) is 5.32 Å². The molecule has 0 aliphatic heterocycles. The summed E-state index contributed by atoms with van der Waals surface area (Å²) in [6.07, 6.45) is 1.75. The summed E-state index contributed by atoms with van der Waals surface area (Å²) in [4.78, 5) is 12.0. The number of nitrogens with one attached hydrogen (secondary N) is 1. The fourth-order valence-electron chi connectivity index (χ4n) is 2.39. The Labute approximate surface area is 164 Å². The zero-order valence-corrected chi connectivity index (χ0v) is 16.6. The average molecular weight is 415 g/mol. The standard InChI is InChI=1S/C18H20Cl2N2O3S/c1-26(24,25)22(17-5-2-4-16(20)12-17)11-3-6-18(23)21-13-14-7-9-15(19)10-8-14/h2,4-5,7-10,12H,3,6,11,13H2,1H3,(H,21,23). The van der Waals surface area contributed by atoms with Gasteiger partial charge in [-0.3, -0.25) is 9.10 Å². The van der Waals surface area contributed by atoms with E-state index >= 15 is 0 Å². The molecule has 0 bridgehead atoms. The van der Waals surface area contributed by atoms with Crippen LogP contribution in [0.15, 0.2) is 48.5 Å². The molecule has 5 nitrogen and oxygen atoms in total. The number of anilines is 1. The molecule has 0 aliphatic rings. The highest BCUT2D eigenvalue weighted by molar-refractivity contribution is 7.92. The van der Waals surface area contributed by atoms with Crippen molar-refractivity contribution >= 4 is 44.8 Å².